The first-order chi connectivity index (χ1) is 9.72. The Balaban J connectivity index is 1.69. The van der Waals surface area contributed by atoms with Gasteiger partial charge in [0.2, 0.25) is 0 Å². The number of carbonyl (C=O) groups excluding carboxylic acids is 1. The van der Waals surface area contributed by atoms with Gasteiger partial charge in [-0.1, -0.05) is 0 Å². The Kier molecular flexibility index (Phi) is 3.34. The van der Waals surface area contributed by atoms with E-state index in [4.69, 9.17) is 4.74 Å². The van der Waals surface area contributed by atoms with Crippen molar-refractivity contribution in [2.75, 3.05) is 11.9 Å². The summed E-state index contributed by atoms with van der Waals surface area (Å²) in [6, 6.07) is 3.64. The van der Waals surface area contributed by atoms with E-state index in [1.807, 2.05) is 29.8 Å². The zero-order valence-electron chi connectivity index (χ0n) is 10.7. The van der Waals surface area contributed by atoms with Gasteiger partial charge in [0.05, 0.1) is 5.69 Å². The molecular formula is C13H12N4O2S. The van der Waals surface area contributed by atoms with Crippen LogP contribution in [0.5, 0.6) is 5.75 Å². The molecule has 102 valence electrons. The largest absolute Gasteiger partial charge is 0.480 e. The van der Waals surface area contributed by atoms with Crippen molar-refractivity contribution >= 4 is 28.0 Å². The van der Waals surface area contributed by atoms with E-state index in [2.05, 4.69) is 15.3 Å². The second-order valence-corrected chi connectivity index (χ2v) is 5.05. The zero-order valence-corrected chi connectivity index (χ0v) is 11.6. The van der Waals surface area contributed by atoms with Crippen LogP contribution in [0.2, 0.25) is 0 Å². The Morgan fingerprint density at radius 1 is 1.55 bits per heavy atom. The van der Waals surface area contributed by atoms with Crippen LogP contribution in [0.25, 0.3) is 5.65 Å². The lowest BCUT2D eigenvalue weighted by atomic mass is 10.4. The van der Waals surface area contributed by atoms with Crippen molar-refractivity contribution in [3.8, 4) is 5.75 Å². The van der Waals surface area contributed by atoms with Gasteiger partial charge in [-0.3, -0.25) is 10.1 Å². The first-order valence-corrected chi connectivity index (χ1v) is 6.87. The lowest BCUT2D eigenvalue weighted by Crippen LogP contribution is -2.20. The van der Waals surface area contributed by atoms with Crippen molar-refractivity contribution < 1.29 is 9.53 Å². The van der Waals surface area contributed by atoms with Crippen molar-refractivity contribution in [2.45, 2.75) is 6.92 Å². The van der Waals surface area contributed by atoms with Gasteiger partial charge in [-0.25, -0.2) is 9.97 Å². The fraction of sp³-hybridized carbons (Fsp3) is 0.154. The molecule has 0 saturated carbocycles. The van der Waals surface area contributed by atoms with Gasteiger partial charge in [0.1, 0.15) is 0 Å². The summed E-state index contributed by atoms with van der Waals surface area (Å²) in [4.78, 5) is 20.1. The summed E-state index contributed by atoms with van der Waals surface area (Å²) < 4.78 is 7.39. The molecule has 3 heterocycles. The van der Waals surface area contributed by atoms with Crippen LogP contribution in [0.4, 0.5) is 5.13 Å². The normalized spacial score (nSPS) is 10.7. The van der Waals surface area contributed by atoms with Crippen LogP contribution in [-0.4, -0.2) is 26.9 Å². The van der Waals surface area contributed by atoms with Crippen molar-refractivity contribution in [2.24, 2.45) is 0 Å². The molecule has 0 aliphatic rings. The van der Waals surface area contributed by atoms with Gasteiger partial charge >= 0.3 is 0 Å². The number of imidazole rings is 1. The number of nitrogens with zero attached hydrogens (tertiary/aromatic N) is 3. The number of hydrogen-bond donors (Lipinski definition) is 1. The number of aromatic nitrogens is 3. The molecule has 0 fully saturated rings. The second-order valence-electron chi connectivity index (χ2n) is 4.16. The number of amides is 1. The van der Waals surface area contributed by atoms with Gasteiger partial charge in [-0.15, -0.1) is 11.3 Å². The Morgan fingerprint density at radius 2 is 2.45 bits per heavy atom. The number of pyridine rings is 1. The number of thiazole rings is 1. The van der Waals surface area contributed by atoms with Crippen molar-refractivity contribution in [1.82, 2.24) is 14.4 Å². The van der Waals surface area contributed by atoms with Crippen molar-refractivity contribution in [3.05, 3.63) is 41.8 Å². The van der Waals surface area contributed by atoms with E-state index < -0.39 is 0 Å². The van der Waals surface area contributed by atoms with Crippen LogP contribution in [0.3, 0.4) is 0 Å². The maximum absolute atomic E-state index is 11.7. The quantitative estimate of drug-likeness (QED) is 0.798. The second kappa shape index (κ2) is 5.30. The highest BCUT2D eigenvalue weighted by molar-refractivity contribution is 7.13. The lowest BCUT2D eigenvalue weighted by Gasteiger charge is -2.06. The summed E-state index contributed by atoms with van der Waals surface area (Å²) in [7, 11) is 0. The highest BCUT2D eigenvalue weighted by Gasteiger charge is 2.09. The molecule has 0 bridgehead atoms. The standard InChI is InChI=1S/C13H12N4O2S/c1-9-7-17-5-2-3-10(12(17)15-9)19-8-11(18)16-13-14-4-6-20-13/h2-7H,8H2,1H3,(H,14,16,18). The minimum Gasteiger partial charge on any atom is -0.480 e. The highest BCUT2D eigenvalue weighted by atomic mass is 32.1. The molecule has 0 aliphatic heterocycles. The van der Waals surface area contributed by atoms with Crippen molar-refractivity contribution in [3.63, 3.8) is 0 Å². The first kappa shape index (κ1) is 12.6. The maximum Gasteiger partial charge on any atom is 0.264 e. The molecule has 0 unspecified atom stereocenters. The van der Waals surface area contributed by atoms with E-state index in [9.17, 15) is 4.79 Å². The van der Waals surface area contributed by atoms with Crippen molar-refractivity contribution in [1.29, 1.82) is 0 Å². The van der Waals surface area contributed by atoms with Gasteiger partial charge in [0.25, 0.3) is 5.91 Å². The average molecular weight is 288 g/mol. The monoisotopic (exact) mass is 288 g/mol. The van der Waals surface area contributed by atoms with Gasteiger partial charge in [0, 0.05) is 24.0 Å². The molecule has 0 aliphatic carbocycles. The van der Waals surface area contributed by atoms with Gasteiger partial charge < -0.3 is 9.14 Å². The molecule has 0 saturated heterocycles. The summed E-state index contributed by atoms with van der Waals surface area (Å²) in [5.41, 5.74) is 1.60. The number of ether oxygens (including phenoxy) is 1. The number of rotatable bonds is 4. The number of carbonyl (C=O) groups is 1. The van der Waals surface area contributed by atoms with Crippen LogP contribution in [0.15, 0.2) is 36.1 Å². The van der Waals surface area contributed by atoms with E-state index in [1.54, 1.807) is 17.6 Å². The third kappa shape index (κ3) is 2.62. The Bertz CT molecular complexity index is 736. The molecule has 7 heteroatoms. The summed E-state index contributed by atoms with van der Waals surface area (Å²) >= 11 is 1.36. The van der Waals surface area contributed by atoms with E-state index >= 15 is 0 Å². The summed E-state index contributed by atoms with van der Waals surface area (Å²) in [5, 5.41) is 5.02. The average Bonchev–Trinajstić information content (AvgIpc) is 3.04. The van der Waals surface area contributed by atoms with E-state index in [-0.39, 0.29) is 12.5 Å². The van der Waals surface area contributed by atoms with E-state index in [0.717, 1.165) is 5.69 Å². The van der Waals surface area contributed by atoms with Gasteiger partial charge in [0.15, 0.2) is 23.1 Å². The smallest absolute Gasteiger partial charge is 0.264 e. The molecular weight excluding hydrogens is 276 g/mol. The maximum atomic E-state index is 11.7. The molecule has 1 amide bonds. The SMILES string of the molecule is Cc1cn2cccc(OCC(=O)Nc3nccs3)c2n1. The number of fused-ring (bicyclic) bond motifs is 1. The molecule has 3 aromatic heterocycles. The molecule has 6 nitrogen and oxygen atoms in total. The number of anilines is 1. The zero-order chi connectivity index (χ0) is 13.9. The third-order valence-corrected chi connectivity index (χ3v) is 3.29. The number of aryl methyl sites for hydroxylation is 1. The predicted molar refractivity (Wildman–Crippen MR) is 76.2 cm³/mol. The number of nitrogens with one attached hydrogen (secondary N) is 1. The van der Waals surface area contributed by atoms with Gasteiger partial charge in [-0.2, -0.15) is 0 Å². The molecule has 0 atom stereocenters. The predicted octanol–water partition coefficient (Wildman–Crippen LogP) is 2.12. The highest BCUT2D eigenvalue weighted by Crippen LogP contribution is 2.18. The third-order valence-electron chi connectivity index (χ3n) is 2.60. The van der Waals surface area contributed by atoms with Crippen LogP contribution >= 0.6 is 11.3 Å². The molecule has 0 radical (unpaired) electrons. The molecule has 0 aromatic carbocycles. The van der Waals surface area contributed by atoms with Crippen LogP contribution in [0, 0.1) is 6.92 Å². The van der Waals surface area contributed by atoms with Crippen LogP contribution in [0.1, 0.15) is 5.69 Å². The summed E-state index contributed by atoms with van der Waals surface area (Å²) in [6.45, 7) is 1.83. The minimum absolute atomic E-state index is 0.0782. The summed E-state index contributed by atoms with van der Waals surface area (Å²) in [5.74, 6) is 0.333. The minimum atomic E-state index is -0.245. The Morgan fingerprint density at radius 3 is 3.25 bits per heavy atom. The first-order valence-electron chi connectivity index (χ1n) is 5.99. The van der Waals surface area contributed by atoms with Crippen LogP contribution in [-0.2, 0) is 4.79 Å². The molecule has 0 spiro atoms. The van der Waals surface area contributed by atoms with Gasteiger partial charge in [-0.05, 0) is 19.1 Å². The summed E-state index contributed by atoms with van der Waals surface area (Å²) in [6.07, 6.45) is 5.42. The fourth-order valence-electron chi connectivity index (χ4n) is 1.81. The fourth-order valence-corrected chi connectivity index (χ4v) is 2.35. The Hall–Kier alpha value is -2.41. The topological polar surface area (TPSA) is 68.5 Å². The van der Waals surface area contributed by atoms with E-state index in [1.165, 1.54) is 11.3 Å². The molecule has 20 heavy (non-hydrogen) atoms. The molecule has 3 rings (SSSR count). The Labute approximate surface area is 119 Å². The lowest BCUT2D eigenvalue weighted by molar-refractivity contribution is -0.118. The molecule has 3 aromatic rings. The number of hydrogen-bond acceptors (Lipinski definition) is 5. The van der Waals surface area contributed by atoms with E-state index in [0.29, 0.717) is 16.5 Å². The van der Waals surface area contributed by atoms with Crippen LogP contribution < -0.4 is 10.1 Å². The molecule has 1 N–H and O–H groups in total.